The van der Waals surface area contributed by atoms with Gasteiger partial charge in [0.15, 0.2) is 0 Å². The van der Waals surface area contributed by atoms with Crippen LogP contribution in [-0.4, -0.2) is 16.7 Å². The van der Waals surface area contributed by atoms with E-state index in [2.05, 4.69) is 0 Å². The van der Waals surface area contributed by atoms with Crippen molar-refractivity contribution in [2.45, 2.75) is 34.1 Å². The number of nitrogens with zero attached hydrogens (tertiary/aromatic N) is 1. The van der Waals surface area contributed by atoms with E-state index in [1.54, 1.807) is 19.2 Å². The Bertz CT molecular complexity index is 469. The summed E-state index contributed by atoms with van der Waals surface area (Å²) in [7, 11) is 0. The van der Waals surface area contributed by atoms with E-state index in [-0.39, 0.29) is 11.8 Å². The molecule has 0 aliphatic heterocycles. The van der Waals surface area contributed by atoms with Crippen molar-refractivity contribution in [1.29, 1.82) is 0 Å². The van der Waals surface area contributed by atoms with Crippen LogP contribution < -0.4 is 0 Å². The molecule has 1 aromatic carbocycles. The van der Waals surface area contributed by atoms with Crippen molar-refractivity contribution in [3.63, 3.8) is 0 Å². The first kappa shape index (κ1) is 15.2. The third kappa shape index (κ3) is 4.36. The topological polar surface area (TPSA) is 37.4 Å². The lowest BCUT2D eigenvalue weighted by molar-refractivity contribution is -0.146. The number of amides is 2. The molecule has 2 amide bonds. The minimum absolute atomic E-state index is 0.188. The number of carbonyl (C=O) groups is 2. The van der Waals surface area contributed by atoms with Crippen molar-refractivity contribution >= 4 is 17.9 Å². The predicted octanol–water partition coefficient (Wildman–Crippen LogP) is 3.47. The first-order chi connectivity index (χ1) is 8.86. The van der Waals surface area contributed by atoms with E-state index in [9.17, 15) is 9.59 Å². The Morgan fingerprint density at radius 3 is 2.21 bits per heavy atom. The fourth-order valence-electron chi connectivity index (χ4n) is 1.52. The molecule has 1 rings (SSSR count). The molecule has 0 heterocycles. The number of hydrogen-bond donors (Lipinski definition) is 0. The number of rotatable bonds is 3. The standard InChI is InChI=1S/C16H21NO2/c1-5-14(18)17(15(19)16(2,3)4)12-11-13-9-7-6-8-10-13/h6-12H,5H2,1-4H3. The minimum atomic E-state index is -0.578. The zero-order chi connectivity index (χ0) is 14.5. The Hall–Kier alpha value is -1.90. The molecule has 0 N–H and O–H groups in total. The molecular weight excluding hydrogens is 238 g/mol. The second-order valence-corrected chi connectivity index (χ2v) is 5.40. The van der Waals surface area contributed by atoms with Crippen LogP contribution in [0.2, 0.25) is 0 Å². The normalized spacial score (nSPS) is 11.6. The van der Waals surface area contributed by atoms with Crippen LogP contribution in [0.5, 0.6) is 0 Å². The van der Waals surface area contributed by atoms with Gasteiger partial charge in [-0.25, -0.2) is 0 Å². The first-order valence-corrected chi connectivity index (χ1v) is 6.46. The average Bonchev–Trinajstić information content (AvgIpc) is 2.38. The van der Waals surface area contributed by atoms with Gasteiger partial charge in [-0.3, -0.25) is 14.5 Å². The van der Waals surface area contributed by atoms with Gasteiger partial charge in [0.2, 0.25) is 11.8 Å². The van der Waals surface area contributed by atoms with Crippen LogP contribution >= 0.6 is 0 Å². The monoisotopic (exact) mass is 259 g/mol. The highest BCUT2D eigenvalue weighted by Crippen LogP contribution is 2.19. The zero-order valence-electron chi connectivity index (χ0n) is 12.0. The van der Waals surface area contributed by atoms with Crippen molar-refractivity contribution in [2.24, 2.45) is 5.41 Å². The van der Waals surface area contributed by atoms with Gasteiger partial charge in [-0.1, -0.05) is 58.0 Å². The molecule has 0 aromatic heterocycles. The first-order valence-electron chi connectivity index (χ1n) is 6.46. The van der Waals surface area contributed by atoms with E-state index < -0.39 is 5.41 Å². The van der Waals surface area contributed by atoms with Crippen molar-refractivity contribution in [3.8, 4) is 0 Å². The summed E-state index contributed by atoms with van der Waals surface area (Å²) >= 11 is 0. The van der Waals surface area contributed by atoms with Crippen molar-refractivity contribution < 1.29 is 9.59 Å². The molecule has 0 atom stereocenters. The quantitative estimate of drug-likeness (QED) is 0.833. The van der Waals surface area contributed by atoms with Gasteiger partial charge in [-0.2, -0.15) is 0 Å². The molecule has 1 aromatic rings. The summed E-state index contributed by atoms with van der Waals surface area (Å²) < 4.78 is 0. The summed E-state index contributed by atoms with van der Waals surface area (Å²) in [5.41, 5.74) is 0.379. The number of carbonyl (C=O) groups excluding carboxylic acids is 2. The van der Waals surface area contributed by atoms with Crippen molar-refractivity contribution in [1.82, 2.24) is 4.90 Å². The van der Waals surface area contributed by atoms with Gasteiger partial charge in [0.25, 0.3) is 0 Å². The van der Waals surface area contributed by atoms with Gasteiger partial charge in [0, 0.05) is 18.0 Å². The highest BCUT2D eigenvalue weighted by atomic mass is 16.2. The molecule has 0 fully saturated rings. The Balaban J connectivity index is 2.97. The van der Waals surface area contributed by atoms with E-state index in [1.165, 1.54) is 4.90 Å². The highest BCUT2D eigenvalue weighted by Gasteiger charge is 2.29. The third-order valence-corrected chi connectivity index (χ3v) is 2.65. The molecule has 0 bridgehead atoms. The fraction of sp³-hybridized carbons (Fsp3) is 0.375. The molecule has 0 aliphatic carbocycles. The fourth-order valence-corrected chi connectivity index (χ4v) is 1.52. The number of hydrogen-bond acceptors (Lipinski definition) is 2. The molecule has 0 aliphatic rings. The van der Waals surface area contributed by atoms with Crippen LogP contribution in [0.1, 0.15) is 39.7 Å². The molecule has 0 saturated carbocycles. The van der Waals surface area contributed by atoms with Crippen molar-refractivity contribution in [2.75, 3.05) is 0 Å². The van der Waals surface area contributed by atoms with Crippen LogP contribution in [0, 0.1) is 5.41 Å². The summed E-state index contributed by atoms with van der Waals surface area (Å²) in [5, 5.41) is 0. The summed E-state index contributed by atoms with van der Waals surface area (Å²) in [6, 6.07) is 9.60. The average molecular weight is 259 g/mol. The molecule has 0 spiro atoms. The summed E-state index contributed by atoms with van der Waals surface area (Å²) in [5.74, 6) is -0.376. The molecular formula is C16H21NO2. The van der Waals surface area contributed by atoms with Gasteiger partial charge < -0.3 is 0 Å². The SMILES string of the molecule is CCC(=O)N(C=Cc1ccccc1)C(=O)C(C)(C)C. The van der Waals surface area contributed by atoms with E-state index in [0.29, 0.717) is 6.42 Å². The number of imide groups is 1. The van der Waals surface area contributed by atoms with Crippen LogP contribution in [0.15, 0.2) is 36.5 Å². The molecule has 3 nitrogen and oxygen atoms in total. The summed E-state index contributed by atoms with van der Waals surface area (Å²) in [4.78, 5) is 25.3. The van der Waals surface area contributed by atoms with Gasteiger partial charge in [-0.15, -0.1) is 0 Å². The van der Waals surface area contributed by atoms with E-state index >= 15 is 0 Å². The second-order valence-electron chi connectivity index (χ2n) is 5.40. The van der Waals surface area contributed by atoms with Crippen LogP contribution in [-0.2, 0) is 9.59 Å². The minimum Gasteiger partial charge on any atom is -0.274 e. The lowest BCUT2D eigenvalue weighted by Crippen LogP contribution is -2.39. The Labute approximate surface area is 114 Å². The molecule has 0 unspecified atom stereocenters. The van der Waals surface area contributed by atoms with E-state index in [0.717, 1.165) is 5.56 Å². The zero-order valence-corrected chi connectivity index (χ0v) is 12.0. The number of benzene rings is 1. The summed E-state index contributed by atoms with van der Waals surface area (Å²) in [6.07, 6.45) is 3.65. The smallest absolute Gasteiger partial charge is 0.238 e. The third-order valence-electron chi connectivity index (χ3n) is 2.65. The Morgan fingerprint density at radius 1 is 1.16 bits per heavy atom. The Kier molecular flexibility index (Phi) is 5.04. The molecule has 19 heavy (non-hydrogen) atoms. The Morgan fingerprint density at radius 2 is 1.74 bits per heavy atom. The van der Waals surface area contributed by atoms with E-state index in [4.69, 9.17) is 0 Å². The maximum atomic E-state index is 12.2. The summed E-state index contributed by atoms with van der Waals surface area (Å²) in [6.45, 7) is 7.17. The second kappa shape index (κ2) is 6.32. The van der Waals surface area contributed by atoms with Gasteiger partial charge >= 0.3 is 0 Å². The highest BCUT2D eigenvalue weighted by molar-refractivity contribution is 5.99. The molecule has 102 valence electrons. The van der Waals surface area contributed by atoms with Crippen LogP contribution in [0.3, 0.4) is 0 Å². The van der Waals surface area contributed by atoms with Crippen LogP contribution in [0.4, 0.5) is 0 Å². The largest absolute Gasteiger partial charge is 0.274 e. The molecule has 0 radical (unpaired) electrons. The maximum absolute atomic E-state index is 12.2. The lowest BCUT2D eigenvalue weighted by atomic mass is 9.94. The lowest BCUT2D eigenvalue weighted by Gasteiger charge is -2.24. The van der Waals surface area contributed by atoms with E-state index in [1.807, 2.05) is 51.1 Å². The molecule has 0 saturated heterocycles. The predicted molar refractivity (Wildman–Crippen MR) is 77.1 cm³/mol. The van der Waals surface area contributed by atoms with Gasteiger partial charge in [0.1, 0.15) is 0 Å². The maximum Gasteiger partial charge on any atom is 0.238 e. The van der Waals surface area contributed by atoms with Gasteiger partial charge in [-0.05, 0) is 11.6 Å². The molecule has 3 heteroatoms. The van der Waals surface area contributed by atoms with Crippen molar-refractivity contribution in [3.05, 3.63) is 42.1 Å². The van der Waals surface area contributed by atoms with Crippen LogP contribution in [0.25, 0.3) is 6.08 Å². The van der Waals surface area contributed by atoms with Gasteiger partial charge in [0.05, 0.1) is 0 Å².